The molecule has 1 unspecified atom stereocenters. The molecule has 4 nitrogen and oxygen atoms in total. The van der Waals surface area contributed by atoms with E-state index in [1.165, 1.54) is 31.3 Å². The van der Waals surface area contributed by atoms with Gasteiger partial charge in [0.15, 0.2) is 0 Å². The predicted molar refractivity (Wildman–Crippen MR) is 78.1 cm³/mol. The molecule has 19 heavy (non-hydrogen) atoms. The lowest BCUT2D eigenvalue weighted by molar-refractivity contribution is -0.122. The molecule has 4 heteroatoms. The van der Waals surface area contributed by atoms with E-state index >= 15 is 0 Å². The zero-order valence-electron chi connectivity index (χ0n) is 12.1. The third-order valence-electron chi connectivity index (χ3n) is 4.14. The molecule has 1 aliphatic carbocycles. The van der Waals surface area contributed by atoms with Crippen LogP contribution < -0.4 is 10.6 Å². The van der Waals surface area contributed by atoms with Crippen LogP contribution in [0.2, 0.25) is 0 Å². The molecule has 1 atom stereocenters. The molecule has 2 rings (SSSR count). The molecule has 0 aromatic carbocycles. The molecule has 1 fully saturated rings. The number of allylic oxidation sites excluding steroid dienone is 1. The van der Waals surface area contributed by atoms with Crippen molar-refractivity contribution in [3.8, 4) is 0 Å². The van der Waals surface area contributed by atoms with Gasteiger partial charge in [0.2, 0.25) is 5.91 Å². The predicted octanol–water partition coefficient (Wildman–Crippen LogP) is 1.29. The average Bonchev–Trinajstić information content (AvgIpc) is 2.43. The van der Waals surface area contributed by atoms with Gasteiger partial charge in [0.05, 0.1) is 6.54 Å². The van der Waals surface area contributed by atoms with Gasteiger partial charge in [0.1, 0.15) is 0 Å². The van der Waals surface area contributed by atoms with Crippen LogP contribution >= 0.6 is 0 Å². The second kappa shape index (κ2) is 7.65. The summed E-state index contributed by atoms with van der Waals surface area (Å²) in [5.41, 5.74) is 1.53. The maximum absolute atomic E-state index is 11.9. The molecule has 1 aliphatic heterocycles. The lowest BCUT2D eigenvalue weighted by atomic mass is 9.97. The third-order valence-corrected chi connectivity index (χ3v) is 4.14. The lowest BCUT2D eigenvalue weighted by Gasteiger charge is -2.33. The summed E-state index contributed by atoms with van der Waals surface area (Å²) in [4.78, 5) is 14.2. The molecule has 0 spiro atoms. The van der Waals surface area contributed by atoms with Crippen molar-refractivity contribution in [3.05, 3.63) is 11.6 Å². The van der Waals surface area contributed by atoms with E-state index in [-0.39, 0.29) is 5.91 Å². The third kappa shape index (κ3) is 4.96. The number of rotatable bonds is 5. The summed E-state index contributed by atoms with van der Waals surface area (Å²) in [6.45, 7) is 6.46. The quantitative estimate of drug-likeness (QED) is 0.736. The SMILES string of the molecule is CC1CNCCN1CC(=O)NCCC1=CCCCC1. The highest BCUT2D eigenvalue weighted by Crippen LogP contribution is 2.19. The van der Waals surface area contributed by atoms with E-state index < -0.39 is 0 Å². The highest BCUT2D eigenvalue weighted by Gasteiger charge is 2.19. The molecule has 1 amide bonds. The standard InChI is InChI=1S/C15H27N3O/c1-13-11-16-9-10-18(13)12-15(19)17-8-7-14-5-3-2-4-6-14/h5,13,16H,2-4,6-12H2,1H3,(H,17,19). The molecule has 2 aliphatic rings. The summed E-state index contributed by atoms with van der Waals surface area (Å²) in [6, 6.07) is 0.459. The summed E-state index contributed by atoms with van der Waals surface area (Å²) in [7, 11) is 0. The summed E-state index contributed by atoms with van der Waals surface area (Å²) >= 11 is 0. The van der Waals surface area contributed by atoms with Gasteiger partial charge in [0, 0.05) is 32.2 Å². The Balaban J connectivity index is 1.62. The average molecular weight is 265 g/mol. The zero-order valence-corrected chi connectivity index (χ0v) is 12.1. The number of carbonyl (C=O) groups excluding carboxylic acids is 1. The van der Waals surface area contributed by atoms with Gasteiger partial charge in [-0.15, -0.1) is 0 Å². The Morgan fingerprint density at radius 1 is 1.53 bits per heavy atom. The van der Waals surface area contributed by atoms with Crippen LogP contribution in [-0.2, 0) is 4.79 Å². The van der Waals surface area contributed by atoms with E-state index in [0.29, 0.717) is 12.6 Å². The Bertz CT molecular complexity index is 327. The number of nitrogens with zero attached hydrogens (tertiary/aromatic N) is 1. The fraction of sp³-hybridized carbons (Fsp3) is 0.800. The fourth-order valence-electron chi connectivity index (χ4n) is 2.85. The summed E-state index contributed by atoms with van der Waals surface area (Å²) in [6.07, 6.45) is 8.48. The summed E-state index contributed by atoms with van der Waals surface area (Å²) < 4.78 is 0. The number of piperazine rings is 1. The van der Waals surface area contributed by atoms with Crippen LogP contribution in [-0.4, -0.2) is 49.6 Å². The Morgan fingerprint density at radius 2 is 2.42 bits per heavy atom. The molecule has 0 aromatic rings. The maximum atomic E-state index is 11.9. The first-order valence-electron chi connectivity index (χ1n) is 7.65. The van der Waals surface area contributed by atoms with Crippen LogP contribution in [0.3, 0.4) is 0 Å². The minimum Gasteiger partial charge on any atom is -0.355 e. The van der Waals surface area contributed by atoms with Gasteiger partial charge in [-0.3, -0.25) is 9.69 Å². The first-order chi connectivity index (χ1) is 9.25. The highest BCUT2D eigenvalue weighted by molar-refractivity contribution is 5.78. The van der Waals surface area contributed by atoms with Gasteiger partial charge in [-0.2, -0.15) is 0 Å². The van der Waals surface area contributed by atoms with E-state index in [1.807, 2.05) is 0 Å². The van der Waals surface area contributed by atoms with Gasteiger partial charge in [-0.1, -0.05) is 11.6 Å². The molecule has 0 aromatic heterocycles. The number of hydrogen-bond acceptors (Lipinski definition) is 3. The number of carbonyl (C=O) groups is 1. The normalized spacial score (nSPS) is 24.9. The maximum Gasteiger partial charge on any atom is 0.234 e. The van der Waals surface area contributed by atoms with Crippen molar-refractivity contribution in [1.82, 2.24) is 15.5 Å². The van der Waals surface area contributed by atoms with Crippen molar-refractivity contribution in [2.45, 2.75) is 45.1 Å². The highest BCUT2D eigenvalue weighted by atomic mass is 16.2. The fourth-order valence-corrected chi connectivity index (χ4v) is 2.85. The second-order valence-corrected chi connectivity index (χ2v) is 5.73. The molecule has 0 radical (unpaired) electrons. The van der Waals surface area contributed by atoms with E-state index in [2.05, 4.69) is 28.5 Å². The molecular weight excluding hydrogens is 238 g/mol. The van der Waals surface area contributed by atoms with E-state index in [0.717, 1.165) is 32.6 Å². The van der Waals surface area contributed by atoms with Crippen LogP contribution in [0.1, 0.15) is 39.0 Å². The van der Waals surface area contributed by atoms with Crippen LogP contribution in [0.4, 0.5) is 0 Å². The van der Waals surface area contributed by atoms with Gasteiger partial charge >= 0.3 is 0 Å². The lowest BCUT2D eigenvalue weighted by Crippen LogP contribution is -2.52. The molecule has 2 N–H and O–H groups in total. The molecule has 0 saturated carbocycles. The van der Waals surface area contributed by atoms with Gasteiger partial charge < -0.3 is 10.6 Å². The number of nitrogens with one attached hydrogen (secondary N) is 2. The minimum atomic E-state index is 0.171. The molecule has 1 saturated heterocycles. The molecular formula is C15H27N3O. The largest absolute Gasteiger partial charge is 0.355 e. The first kappa shape index (κ1) is 14.5. The smallest absolute Gasteiger partial charge is 0.234 e. The summed E-state index contributed by atoms with van der Waals surface area (Å²) in [5, 5.41) is 6.40. The number of amides is 1. The van der Waals surface area contributed by atoms with Crippen LogP contribution in [0.25, 0.3) is 0 Å². The summed E-state index contributed by atoms with van der Waals surface area (Å²) in [5.74, 6) is 0.171. The van der Waals surface area contributed by atoms with E-state index in [9.17, 15) is 4.79 Å². The monoisotopic (exact) mass is 265 g/mol. The Labute approximate surface area is 116 Å². The minimum absolute atomic E-state index is 0.171. The Hall–Kier alpha value is -0.870. The van der Waals surface area contributed by atoms with Gasteiger partial charge in [-0.25, -0.2) is 0 Å². The van der Waals surface area contributed by atoms with Crippen LogP contribution in [0, 0.1) is 0 Å². The van der Waals surface area contributed by atoms with E-state index in [1.54, 1.807) is 0 Å². The van der Waals surface area contributed by atoms with Crippen molar-refractivity contribution >= 4 is 5.91 Å². The second-order valence-electron chi connectivity index (χ2n) is 5.73. The van der Waals surface area contributed by atoms with Crippen molar-refractivity contribution in [2.75, 3.05) is 32.7 Å². The molecule has 1 heterocycles. The van der Waals surface area contributed by atoms with Gasteiger partial charge in [-0.05, 0) is 39.0 Å². The van der Waals surface area contributed by atoms with Crippen molar-refractivity contribution in [2.24, 2.45) is 0 Å². The zero-order chi connectivity index (χ0) is 13.5. The topological polar surface area (TPSA) is 44.4 Å². The van der Waals surface area contributed by atoms with Crippen molar-refractivity contribution < 1.29 is 4.79 Å². The Kier molecular flexibility index (Phi) is 5.86. The van der Waals surface area contributed by atoms with Crippen molar-refractivity contribution in [1.29, 1.82) is 0 Å². The van der Waals surface area contributed by atoms with Crippen LogP contribution in [0.15, 0.2) is 11.6 Å². The number of hydrogen-bond donors (Lipinski definition) is 2. The van der Waals surface area contributed by atoms with E-state index in [4.69, 9.17) is 0 Å². The van der Waals surface area contributed by atoms with Crippen LogP contribution in [0.5, 0.6) is 0 Å². The first-order valence-corrected chi connectivity index (χ1v) is 7.65. The molecule has 108 valence electrons. The van der Waals surface area contributed by atoms with Crippen molar-refractivity contribution in [3.63, 3.8) is 0 Å². The molecule has 0 bridgehead atoms. The van der Waals surface area contributed by atoms with Gasteiger partial charge in [0.25, 0.3) is 0 Å². The Morgan fingerprint density at radius 3 is 3.16 bits per heavy atom.